The number of methoxy groups -OCH3 is 1. The Bertz CT molecular complexity index is 871. The van der Waals surface area contributed by atoms with Gasteiger partial charge in [-0.1, -0.05) is 23.7 Å². The van der Waals surface area contributed by atoms with Crippen LogP contribution in [-0.4, -0.2) is 18.0 Å². The maximum Gasteiger partial charge on any atom is 0.226 e. The summed E-state index contributed by atoms with van der Waals surface area (Å²) in [6.07, 6.45) is 0.578. The van der Waals surface area contributed by atoms with Crippen LogP contribution in [0, 0.1) is 0 Å². The minimum absolute atomic E-state index is 0.192. The van der Waals surface area contributed by atoms with Crippen molar-refractivity contribution in [3.8, 4) is 28.5 Å². The molecule has 1 heterocycles. The van der Waals surface area contributed by atoms with Crippen LogP contribution in [0.15, 0.2) is 52.9 Å². The van der Waals surface area contributed by atoms with Gasteiger partial charge in [-0.2, -0.15) is 0 Å². The van der Waals surface area contributed by atoms with Crippen LogP contribution in [0.1, 0.15) is 12.2 Å². The van der Waals surface area contributed by atoms with Crippen LogP contribution in [0.25, 0.3) is 22.7 Å². The molecule has 0 aliphatic rings. The quantitative estimate of drug-likeness (QED) is 0.721. The zero-order valence-electron chi connectivity index (χ0n) is 13.7. The number of aromatic nitrogens is 1. The molecule has 0 unspecified atom stereocenters. The van der Waals surface area contributed by atoms with E-state index in [1.54, 1.807) is 19.2 Å². The van der Waals surface area contributed by atoms with Gasteiger partial charge in [-0.15, -0.1) is 0 Å². The second-order valence-corrected chi connectivity index (χ2v) is 5.93. The number of ether oxygens (including phenoxy) is 1. The first kappa shape index (κ1) is 17.0. The van der Waals surface area contributed by atoms with Crippen molar-refractivity contribution in [2.24, 2.45) is 5.73 Å². The average Bonchev–Trinajstić information content (AvgIpc) is 3.05. The summed E-state index contributed by atoms with van der Waals surface area (Å²) in [5.74, 6) is 1.46. The minimum atomic E-state index is -0.385. The number of nitrogens with two attached hydrogens (primary N) is 1. The molecule has 25 heavy (non-hydrogen) atoms. The van der Waals surface area contributed by atoms with Crippen molar-refractivity contribution < 1.29 is 13.9 Å². The molecule has 6 heteroatoms. The van der Waals surface area contributed by atoms with Crippen molar-refractivity contribution >= 4 is 17.5 Å². The molecule has 0 spiro atoms. The molecule has 0 atom stereocenters. The molecule has 0 aliphatic carbocycles. The SMILES string of the molecule is COc1ccc(-c2nc(-c3ccc(Cl)cc3)c(CCC(N)=O)o2)cc1. The highest BCUT2D eigenvalue weighted by molar-refractivity contribution is 6.30. The Labute approximate surface area is 150 Å². The summed E-state index contributed by atoms with van der Waals surface area (Å²) in [4.78, 5) is 15.8. The predicted molar refractivity (Wildman–Crippen MR) is 96.5 cm³/mol. The number of carbonyl (C=O) groups excluding carboxylic acids is 1. The Morgan fingerprint density at radius 1 is 1.12 bits per heavy atom. The second-order valence-electron chi connectivity index (χ2n) is 5.49. The molecule has 1 amide bonds. The van der Waals surface area contributed by atoms with Crippen molar-refractivity contribution in [3.63, 3.8) is 0 Å². The van der Waals surface area contributed by atoms with E-state index in [9.17, 15) is 4.79 Å². The molecule has 0 saturated heterocycles. The number of nitrogens with zero attached hydrogens (tertiary/aromatic N) is 1. The third-order valence-corrected chi connectivity index (χ3v) is 4.00. The van der Waals surface area contributed by atoms with E-state index < -0.39 is 0 Å². The topological polar surface area (TPSA) is 78.4 Å². The predicted octanol–water partition coefficient (Wildman–Crippen LogP) is 4.09. The van der Waals surface area contributed by atoms with Gasteiger partial charge >= 0.3 is 0 Å². The van der Waals surface area contributed by atoms with Crippen molar-refractivity contribution in [1.29, 1.82) is 0 Å². The van der Waals surface area contributed by atoms with E-state index in [1.807, 2.05) is 36.4 Å². The lowest BCUT2D eigenvalue weighted by molar-refractivity contribution is -0.118. The van der Waals surface area contributed by atoms with Crippen molar-refractivity contribution in [2.45, 2.75) is 12.8 Å². The first-order valence-corrected chi connectivity index (χ1v) is 8.13. The van der Waals surface area contributed by atoms with Crippen LogP contribution in [0.5, 0.6) is 5.75 Å². The summed E-state index contributed by atoms with van der Waals surface area (Å²) < 4.78 is 11.1. The van der Waals surface area contributed by atoms with Gasteiger partial charge < -0.3 is 14.9 Å². The van der Waals surface area contributed by atoms with Crippen LogP contribution in [-0.2, 0) is 11.2 Å². The van der Waals surface area contributed by atoms with Gasteiger partial charge in [0.05, 0.1) is 7.11 Å². The van der Waals surface area contributed by atoms with Crippen LogP contribution < -0.4 is 10.5 Å². The Kier molecular flexibility index (Phi) is 5.05. The minimum Gasteiger partial charge on any atom is -0.497 e. The monoisotopic (exact) mass is 356 g/mol. The Morgan fingerprint density at radius 3 is 2.36 bits per heavy atom. The van der Waals surface area contributed by atoms with Crippen molar-refractivity contribution in [1.82, 2.24) is 4.98 Å². The van der Waals surface area contributed by atoms with Crippen LogP contribution in [0.2, 0.25) is 5.02 Å². The highest BCUT2D eigenvalue weighted by Crippen LogP contribution is 2.31. The van der Waals surface area contributed by atoms with E-state index in [0.717, 1.165) is 16.9 Å². The molecular weight excluding hydrogens is 340 g/mol. The summed E-state index contributed by atoms with van der Waals surface area (Å²) in [6, 6.07) is 14.7. The number of halogens is 1. The molecule has 1 aromatic heterocycles. The molecule has 5 nitrogen and oxygen atoms in total. The molecule has 2 N–H and O–H groups in total. The Hall–Kier alpha value is -2.79. The zero-order valence-corrected chi connectivity index (χ0v) is 14.4. The first-order chi connectivity index (χ1) is 12.1. The lowest BCUT2D eigenvalue weighted by Gasteiger charge is -2.00. The molecule has 2 aromatic carbocycles. The van der Waals surface area contributed by atoms with E-state index in [-0.39, 0.29) is 12.3 Å². The Morgan fingerprint density at radius 2 is 1.76 bits per heavy atom. The lowest BCUT2D eigenvalue weighted by Crippen LogP contribution is -2.11. The molecule has 0 bridgehead atoms. The highest BCUT2D eigenvalue weighted by Gasteiger charge is 2.17. The third kappa shape index (κ3) is 4.00. The van der Waals surface area contributed by atoms with Crippen molar-refractivity contribution in [2.75, 3.05) is 7.11 Å². The number of hydrogen-bond acceptors (Lipinski definition) is 4. The maximum absolute atomic E-state index is 11.1. The summed E-state index contributed by atoms with van der Waals surface area (Å²) in [7, 11) is 1.61. The lowest BCUT2D eigenvalue weighted by atomic mass is 10.1. The van der Waals surface area contributed by atoms with E-state index in [1.165, 1.54) is 0 Å². The number of primary amides is 1. The van der Waals surface area contributed by atoms with Gasteiger partial charge in [0.1, 0.15) is 17.2 Å². The zero-order chi connectivity index (χ0) is 17.8. The molecule has 0 radical (unpaired) electrons. The maximum atomic E-state index is 11.1. The van der Waals surface area contributed by atoms with Gasteiger partial charge in [-0.3, -0.25) is 4.79 Å². The van der Waals surface area contributed by atoms with Crippen LogP contribution >= 0.6 is 11.6 Å². The number of oxazole rings is 1. The fourth-order valence-corrected chi connectivity index (χ4v) is 2.57. The molecule has 3 rings (SSSR count). The first-order valence-electron chi connectivity index (χ1n) is 7.75. The van der Waals surface area contributed by atoms with Gasteiger partial charge in [-0.05, 0) is 36.4 Å². The normalized spacial score (nSPS) is 10.6. The number of rotatable bonds is 6. The Balaban J connectivity index is 2.00. The van der Waals surface area contributed by atoms with Crippen molar-refractivity contribution in [3.05, 3.63) is 59.3 Å². The molecule has 0 fully saturated rings. The van der Waals surface area contributed by atoms with Crippen LogP contribution in [0.4, 0.5) is 0 Å². The summed E-state index contributed by atoms with van der Waals surface area (Å²) in [6.45, 7) is 0. The second kappa shape index (κ2) is 7.40. The highest BCUT2D eigenvalue weighted by atomic mass is 35.5. The molecule has 0 aliphatic heterocycles. The van der Waals surface area contributed by atoms with Gasteiger partial charge in [0, 0.05) is 29.0 Å². The fraction of sp³-hybridized carbons (Fsp3) is 0.158. The van der Waals surface area contributed by atoms with Gasteiger partial charge in [0.25, 0.3) is 0 Å². The van der Waals surface area contributed by atoms with E-state index in [4.69, 9.17) is 26.5 Å². The molecule has 128 valence electrons. The summed E-state index contributed by atoms with van der Waals surface area (Å²) in [5, 5.41) is 0.640. The van der Waals surface area contributed by atoms with Gasteiger partial charge in [-0.25, -0.2) is 4.98 Å². The number of benzene rings is 2. The summed E-state index contributed by atoms with van der Waals surface area (Å²) >= 11 is 5.95. The number of amides is 1. The van der Waals surface area contributed by atoms with Crippen LogP contribution in [0.3, 0.4) is 0 Å². The average molecular weight is 357 g/mol. The van der Waals surface area contributed by atoms with E-state index in [2.05, 4.69) is 4.98 Å². The third-order valence-electron chi connectivity index (χ3n) is 3.75. The van der Waals surface area contributed by atoms with E-state index in [0.29, 0.717) is 28.8 Å². The van der Waals surface area contributed by atoms with Gasteiger partial charge in [0.15, 0.2) is 0 Å². The fourth-order valence-electron chi connectivity index (χ4n) is 2.45. The smallest absolute Gasteiger partial charge is 0.226 e. The number of aryl methyl sites for hydroxylation is 1. The molecule has 0 saturated carbocycles. The molecular formula is C19H17ClN2O3. The van der Waals surface area contributed by atoms with E-state index >= 15 is 0 Å². The largest absolute Gasteiger partial charge is 0.497 e. The van der Waals surface area contributed by atoms with Gasteiger partial charge in [0.2, 0.25) is 11.8 Å². The standard InChI is InChI=1S/C19H17ClN2O3/c1-24-15-8-4-13(5-9-15)19-22-18(12-2-6-14(20)7-3-12)16(25-19)10-11-17(21)23/h2-9H,10-11H2,1H3,(H2,21,23). The summed E-state index contributed by atoms with van der Waals surface area (Å²) in [5.41, 5.74) is 7.64. The number of carbonyl (C=O) groups is 1. The number of hydrogen-bond donors (Lipinski definition) is 1. The molecule has 3 aromatic rings.